The zero-order chi connectivity index (χ0) is 17.6. The van der Waals surface area contributed by atoms with Crippen molar-refractivity contribution in [2.24, 2.45) is 0 Å². The third kappa shape index (κ3) is 6.33. The second-order valence-corrected chi connectivity index (χ2v) is 6.12. The first-order valence-electron chi connectivity index (χ1n) is 7.21. The summed E-state index contributed by atoms with van der Waals surface area (Å²) in [5.41, 5.74) is -0.536. The van der Waals surface area contributed by atoms with Gasteiger partial charge in [0.15, 0.2) is 0 Å². The van der Waals surface area contributed by atoms with Gasteiger partial charge < -0.3 is 20.3 Å². The van der Waals surface area contributed by atoms with E-state index in [-0.39, 0.29) is 24.1 Å². The minimum absolute atomic E-state index is 0.00441. The number of amides is 1. The van der Waals surface area contributed by atoms with Crippen molar-refractivity contribution in [3.05, 3.63) is 35.1 Å². The van der Waals surface area contributed by atoms with Crippen LogP contribution in [0.1, 0.15) is 49.2 Å². The van der Waals surface area contributed by atoms with E-state index >= 15 is 0 Å². The Morgan fingerprint density at radius 2 is 2.04 bits per heavy atom. The number of hydrogen-bond donors (Lipinski definition) is 3. The molecule has 0 radical (unpaired) electrons. The summed E-state index contributed by atoms with van der Waals surface area (Å²) < 4.78 is 18.3. The van der Waals surface area contributed by atoms with Crippen LogP contribution in [0.5, 0.6) is 0 Å². The van der Waals surface area contributed by atoms with E-state index in [0.29, 0.717) is 6.29 Å². The molecule has 2 atom stereocenters. The number of carbonyl (C=O) groups excluding carboxylic acids is 2. The Morgan fingerprint density at radius 1 is 1.39 bits per heavy atom. The molecule has 1 aromatic rings. The lowest BCUT2D eigenvalue weighted by molar-refractivity contribution is 0.0119. The maximum atomic E-state index is 13.2. The molecule has 0 aliphatic heterocycles. The smallest absolute Gasteiger partial charge is 0.407 e. The molecule has 0 heterocycles. The molecule has 0 bridgehead atoms. The van der Waals surface area contributed by atoms with E-state index in [0.717, 1.165) is 12.1 Å². The molecule has 0 saturated carbocycles. The molecule has 0 aromatic heterocycles. The van der Waals surface area contributed by atoms with Gasteiger partial charge in [0.05, 0.1) is 6.10 Å². The van der Waals surface area contributed by atoms with Gasteiger partial charge in [0, 0.05) is 12.1 Å². The van der Waals surface area contributed by atoms with Gasteiger partial charge in [-0.2, -0.15) is 0 Å². The normalized spacial score (nSPS) is 14.0. The molecule has 2 unspecified atom stereocenters. The average molecular weight is 327 g/mol. The minimum Gasteiger partial charge on any atom is -0.444 e. The van der Waals surface area contributed by atoms with E-state index in [4.69, 9.17) is 4.74 Å². The van der Waals surface area contributed by atoms with Crippen LogP contribution in [0.25, 0.3) is 0 Å². The molecule has 1 amide bonds. The first kappa shape index (κ1) is 19.1. The van der Waals surface area contributed by atoms with Crippen LogP contribution >= 0.6 is 0 Å². The standard InChI is InChI=1S/C16H22FNO5/c1-16(2,3)23-15(22)18-7-6-13(20)14(21)12-8-11(17)5-4-10(12)9-19/h4-5,8-9,13-14,20-21H,6-7H2,1-3H3,(H,18,22). The van der Waals surface area contributed by atoms with E-state index < -0.39 is 29.7 Å². The Kier molecular flexibility index (Phi) is 6.65. The number of halogens is 1. The maximum Gasteiger partial charge on any atom is 0.407 e. The van der Waals surface area contributed by atoms with Crippen LogP contribution in [-0.4, -0.2) is 40.8 Å². The van der Waals surface area contributed by atoms with Crippen molar-refractivity contribution in [2.45, 2.75) is 45.0 Å². The summed E-state index contributed by atoms with van der Waals surface area (Å²) in [4.78, 5) is 22.4. The predicted octanol–water partition coefficient (Wildman–Crippen LogP) is 1.95. The lowest BCUT2D eigenvalue weighted by Gasteiger charge is -2.21. The van der Waals surface area contributed by atoms with Crippen LogP contribution in [0.2, 0.25) is 0 Å². The maximum absolute atomic E-state index is 13.2. The molecule has 0 saturated heterocycles. The fraction of sp³-hybridized carbons (Fsp3) is 0.500. The first-order chi connectivity index (χ1) is 10.6. The van der Waals surface area contributed by atoms with Crippen molar-refractivity contribution in [3.8, 4) is 0 Å². The minimum atomic E-state index is -1.44. The summed E-state index contributed by atoms with van der Waals surface area (Å²) in [5, 5.41) is 22.4. The van der Waals surface area contributed by atoms with Gasteiger partial charge in [0.2, 0.25) is 0 Å². The number of alkyl carbamates (subject to hydrolysis) is 1. The molecule has 23 heavy (non-hydrogen) atoms. The number of aldehydes is 1. The van der Waals surface area contributed by atoms with Crippen molar-refractivity contribution in [1.29, 1.82) is 0 Å². The van der Waals surface area contributed by atoms with Crippen molar-refractivity contribution in [3.63, 3.8) is 0 Å². The lowest BCUT2D eigenvalue weighted by atomic mass is 9.97. The Labute approximate surface area is 134 Å². The fourth-order valence-electron chi connectivity index (χ4n) is 1.91. The number of ether oxygens (including phenoxy) is 1. The molecule has 6 nitrogen and oxygen atoms in total. The molecule has 7 heteroatoms. The first-order valence-corrected chi connectivity index (χ1v) is 7.21. The van der Waals surface area contributed by atoms with Gasteiger partial charge in [-0.15, -0.1) is 0 Å². The van der Waals surface area contributed by atoms with E-state index in [9.17, 15) is 24.2 Å². The van der Waals surface area contributed by atoms with E-state index in [1.807, 2.05) is 0 Å². The Morgan fingerprint density at radius 3 is 2.61 bits per heavy atom. The summed E-state index contributed by atoms with van der Waals surface area (Å²) in [6.45, 7) is 5.21. The molecule has 0 spiro atoms. The highest BCUT2D eigenvalue weighted by molar-refractivity contribution is 5.77. The number of aliphatic hydroxyl groups is 2. The van der Waals surface area contributed by atoms with Gasteiger partial charge in [0.25, 0.3) is 0 Å². The van der Waals surface area contributed by atoms with Crippen LogP contribution in [-0.2, 0) is 4.74 Å². The van der Waals surface area contributed by atoms with Crippen LogP contribution in [0.15, 0.2) is 18.2 Å². The van der Waals surface area contributed by atoms with Crippen LogP contribution < -0.4 is 5.32 Å². The lowest BCUT2D eigenvalue weighted by Crippen LogP contribution is -2.34. The summed E-state index contributed by atoms with van der Waals surface area (Å²) in [7, 11) is 0. The summed E-state index contributed by atoms with van der Waals surface area (Å²) in [6.07, 6.45) is -2.87. The van der Waals surface area contributed by atoms with Gasteiger partial charge in [-0.25, -0.2) is 9.18 Å². The van der Waals surface area contributed by atoms with Crippen molar-refractivity contribution in [2.75, 3.05) is 6.54 Å². The van der Waals surface area contributed by atoms with Gasteiger partial charge >= 0.3 is 6.09 Å². The molecule has 0 fully saturated rings. The van der Waals surface area contributed by atoms with E-state index in [1.54, 1.807) is 20.8 Å². The topological polar surface area (TPSA) is 95.9 Å². The third-order valence-corrected chi connectivity index (χ3v) is 2.97. The molecular weight excluding hydrogens is 305 g/mol. The van der Waals surface area contributed by atoms with Crippen molar-refractivity contribution >= 4 is 12.4 Å². The Bertz CT molecular complexity index is 556. The Balaban J connectivity index is 2.58. The van der Waals surface area contributed by atoms with E-state index in [2.05, 4.69) is 5.32 Å². The SMILES string of the molecule is CC(C)(C)OC(=O)NCCC(O)C(O)c1cc(F)ccc1C=O. The van der Waals surface area contributed by atoms with Crippen molar-refractivity contribution < 1.29 is 28.9 Å². The number of nitrogens with one attached hydrogen (secondary N) is 1. The fourth-order valence-corrected chi connectivity index (χ4v) is 1.91. The second kappa shape index (κ2) is 8.03. The van der Waals surface area contributed by atoms with Crippen LogP contribution in [0.4, 0.5) is 9.18 Å². The highest BCUT2D eigenvalue weighted by atomic mass is 19.1. The van der Waals surface area contributed by atoms with Gasteiger partial charge in [-0.3, -0.25) is 4.79 Å². The zero-order valence-corrected chi connectivity index (χ0v) is 13.4. The largest absolute Gasteiger partial charge is 0.444 e. The predicted molar refractivity (Wildman–Crippen MR) is 81.6 cm³/mol. The van der Waals surface area contributed by atoms with Gasteiger partial charge in [0.1, 0.15) is 23.8 Å². The molecule has 0 aliphatic carbocycles. The van der Waals surface area contributed by atoms with Gasteiger partial charge in [-0.1, -0.05) is 0 Å². The Hall–Kier alpha value is -1.99. The highest BCUT2D eigenvalue weighted by Crippen LogP contribution is 2.23. The average Bonchev–Trinajstić information content (AvgIpc) is 2.44. The second-order valence-electron chi connectivity index (χ2n) is 6.12. The zero-order valence-electron chi connectivity index (χ0n) is 13.4. The quantitative estimate of drug-likeness (QED) is 0.694. The summed E-state index contributed by atoms with van der Waals surface area (Å²) >= 11 is 0. The van der Waals surface area contributed by atoms with Crippen molar-refractivity contribution in [1.82, 2.24) is 5.32 Å². The third-order valence-electron chi connectivity index (χ3n) is 2.97. The molecule has 128 valence electrons. The highest BCUT2D eigenvalue weighted by Gasteiger charge is 2.22. The molecule has 1 rings (SSSR count). The molecule has 0 aliphatic rings. The number of rotatable bonds is 6. The molecular formula is C16H22FNO5. The molecule has 3 N–H and O–H groups in total. The van der Waals surface area contributed by atoms with Crippen LogP contribution in [0, 0.1) is 5.82 Å². The number of hydrogen-bond acceptors (Lipinski definition) is 5. The van der Waals surface area contributed by atoms with Gasteiger partial charge in [-0.05, 0) is 51.0 Å². The number of benzene rings is 1. The monoisotopic (exact) mass is 327 g/mol. The number of carbonyl (C=O) groups is 2. The van der Waals surface area contributed by atoms with E-state index in [1.165, 1.54) is 6.07 Å². The number of aliphatic hydroxyl groups excluding tert-OH is 2. The van der Waals surface area contributed by atoms with Crippen LogP contribution in [0.3, 0.4) is 0 Å². The molecule has 1 aromatic carbocycles. The summed E-state index contributed by atoms with van der Waals surface area (Å²) in [5.74, 6) is -0.622. The summed E-state index contributed by atoms with van der Waals surface area (Å²) in [6, 6.07) is 3.32.